The Hall–Kier alpha value is -2.95. The van der Waals surface area contributed by atoms with Gasteiger partial charge in [0, 0.05) is 54.3 Å². The summed E-state index contributed by atoms with van der Waals surface area (Å²) < 4.78 is 18.7. The molecule has 1 saturated carbocycles. The number of carbonyl (C=O) groups excluding carboxylic acids is 1. The van der Waals surface area contributed by atoms with Crippen LogP contribution in [0.3, 0.4) is 0 Å². The van der Waals surface area contributed by atoms with Crippen molar-refractivity contribution >= 4 is 44.3 Å². The maximum atomic E-state index is 11.8. The van der Waals surface area contributed by atoms with Gasteiger partial charge in [0.1, 0.15) is 18.8 Å². The topological polar surface area (TPSA) is 89.1 Å². The Bertz CT molecular complexity index is 1250. The highest BCUT2D eigenvalue weighted by molar-refractivity contribution is 9.10. The Labute approximate surface area is 231 Å². The van der Waals surface area contributed by atoms with Crippen molar-refractivity contribution < 1.29 is 19.0 Å². The van der Waals surface area contributed by atoms with E-state index in [-0.39, 0.29) is 12.1 Å². The molecule has 1 aromatic heterocycles. The van der Waals surface area contributed by atoms with E-state index >= 15 is 0 Å². The predicted molar refractivity (Wildman–Crippen MR) is 150 cm³/mol. The lowest BCUT2D eigenvalue weighted by atomic mass is 9.96. The molecule has 1 aliphatic carbocycles. The summed E-state index contributed by atoms with van der Waals surface area (Å²) in [6.07, 6.45) is 5.11. The van der Waals surface area contributed by atoms with Crippen LogP contribution in [0.25, 0.3) is 10.9 Å². The smallest absolute Gasteiger partial charge is 0.320 e. The van der Waals surface area contributed by atoms with Crippen molar-refractivity contribution in [3.8, 4) is 11.5 Å². The summed E-state index contributed by atoms with van der Waals surface area (Å²) in [5, 5.41) is 4.28. The molecule has 2 aromatic carbocycles. The SMILES string of the molecule is CCOC(=O)CN1CCN(CCOc2cc3c(Nc4cccc(Br)c4)ncnc3cc2OC2CCC2)CC1. The van der Waals surface area contributed by atoms with Gasteiger partial charge in [-0.05, 0) is 50.5 Å². The van der Waals surface area contributed by atoms with Gasteiger partial charge in [-0.3, -0.25) is 14.6 Å². The third-order valence-corrected chi connectivity index (χ3v) is 7.42. The number of nitrogens with zero attached hydrogens (tertiary/aromatic N) is 4. The first-order valence-corrected chi connectivity index (χ1v) is 14.1. The van der Waals surface area contributed by atoms with Gasteiger partial charge in [0.25, 0.3) is 0 Å². The van der Waals surface area contributed by atoms with Crippen LogP contribution in [0.15, 0.2) is 47.2 Å². The molecule has 2 aliphatic rings. The Kier molecular flexibility index (Phi) is 8.93. The summed E-state index contributed by atoms with van der Waals surface area (Å²) in [5.41, 5.74) is 1.73. The molecule has 10 heteroatoms. The summed E-state index contributed by atoms with van der Waals surface area (Å²) in [4.78, 5) is 25.3. The number of piperazine rings is 1. The van der Waals surface area contributed by atoms with Gasteiger partial charge >= 0.3 is 5.97 Å². The second kappa shape index (κ2) is 12.7. The molecular weight excluding hydrogens is 550 g/mol. The molecule has 2 fully saturated rings. The molecule has 0 bridgehead atoms. The van der Waals surface area contributed by atoms with Crippen molar-refractivity contribution in [2.45, 2.75) is 32.3 Å². The summed E-state index contributed by atoms with van der Waals surface area (Å²) in [7, 11) is 0. The summed E-state index contributed by atoms with van der Waals surface area (Å²) in [5.74, 6) is 1.99. The van der Waals surface area contributed by atoms with E-state index in [9.17, 15) is 4.79 Å². The molecule has 202 valence electrons. The first-order chi connectivity index (χ1) is 18.6. The van der Waals surface area contributed by atoms with Gasteiger partial charge in [-0.2, -0.15) is 0 Å². The molecular formula is C28H34BrN5O4. The fraction of sp³-hybridized carbons (Fsp3) is 0.464. The largest absolute Gasteiger partial charge is 0.488 e. The van der Waals surface area contributed by atoms with E-state index in [4.69, 9.17) is 14.2 Å². The number of aromatic nitrogens is 2. The highest BCUT2D eigenvalue weighted by Gasteiger charge is 2.23. The number of rotatable bonds is 11. The van der Waals surface area contributed by atoms with Crippen LogP contribution in [0.1, 0.15) is 26.2 Å². The Morgan fingerprint density at radius 3 is 2.63 bits per heavy atom. The lowest BCUT2D eigenvalue weighted by Crippen LogP contribution is -2.49. The molecule has 1 N–H and O–H groups in total. The highest BCUT2D eigenvalue weighted by Crippen LogP contribution is 2.37. The summed E-state index contributed by atoms with van der Waals surface area (Å²) in [6, 6.07) is 11.9. The number of halogens is 1. The third-order valence-electron chi connectivity index (χ3n) is 6.92. The molecule has 38 heavy (non-hydrogen) atoms. The summed E-state index contributed by atoms with van der Waals surface area (Å²) in [6.45, 7) is 7.40. The van der Waals surface area contributed by atoms with Crippen LogP contribution in [0.5, 0.6) is 11.5 Å². The average Bonchev–Trinajstić information content (AvgIpc) is 2.88. The minimum absolute atomic E-state index is 0.155. The van der Waals surface area contributed by atoms with Crippen LogP contribution in [0.2, 0.25) is 0 Å². The van der Waals surface area contributed by atoms with Gasteiger partial charge in [-0.25, -0.2) is 9.97 Å². The lowest BCUT2D eigenvalue weighted by Gasteiger charge is -2.34. The van der Waals surface area contributed by atoms with Crippen LogP contribution in [-0.4, -0.2) is 84.3 Å². The van der Waals surface area contributed by atoms with Crippen LogP contribution in [-0.2, 0) is 9.53 Å². The van der Waals surface area contributed by atoms with Crippen molar-refractivity contribution in [1.29, 1.82) is 0 Å². The second-order valence-corrected chi connectivity index (χ2v) is 10.5. The second-order valence-electron chi connectivity index (χ2n) is 9.62. The van der Waals surface area contributed by atoms with E-state index in [0.717, 1.165) is 72.4 Å². The molecule has 9 nitrogen and oxygen atoms in total. The van der Waals surface area contributed by atoms with Crippen molar-refractivity contribution in [2.75, 3.05) is 57.8 Å². The fourth-order valence-electron chi connectivity index (χ4n) is 4.58. The molecule has 0 amide bonds. The zero-order valence-corrected chi connectivity index (χ0v) is 23.3. The Balaban J connectivity index is 1.26. The van der Waals surface area contributed by atoms with Crippen LogP contribution < -0.4 is 14.8 Å². The highest BCUT2D eigenvalue weighted by atomic mass is 79.9. The van der Waals surface area contributed by atoms with Gasteiger partial charge < -0.3 is 19.5 Å². The molecule has 0 unspecified atom stereocenters. The number of carbonyl (C=O) groups is 1. The first kappa shape index (κ1) is 26.6. The number of hydrogen-bond acceptors (Lipinski definition) is 9. The van der Waals surface area contributed by atoms with E-state index in [1.807, 2.05) is 43.3 Å². The predicted octanol–water partition coefficient (Wildman–Crippen LogP) is 4.63. The van der Waals surface area contributed by atoms with E-state index in [1.54, 1.807) is 6.33 Å². The number of esters is 1. The number of fused-ring (bicyclic) bond motifs is 1. The van der Waals surface area contributed by atoms with E-state index < -0.39 is 0 Å². The Morgan fingerprint density at radius 2 is 1.89 bits per heavy atom. The lowest BCUT2D eigenvalue weighted by molar-refractivity contribution is -0.144. The van der Waals surface area contributed by atoms with Crippen molar-refractivity contribution in [2.24, 2.45) is 0 Å². The number of ether oxygens (including phenoxy) is 3. The molecule has 3 aromatic rings. The monoisotopic (exact) mass is 583 g/mol. The van der Waals surface area contributed by atoms with Crippen molar-refractivity contribution in [3.63, 3.8) is 0 Å². The number of anilines is 2. The van der Waals surface area contributed by atoms with Gasteiger partial charge in [0.2, 0.25) is 0 Å². The van der Waals surface area contributed by atoms with E-state index in [2.05, 4.69) is 41.0 Å². The fourth-order valence-corrected chi connectivity index (χ4v) is 4.98. The first-order valence-electron chi connectivity index (χ1n) is 13.3. The number of benzene rings is 2. The van der Waals surface area contributed by atoms with Gasteiger partial charge in [-0.15, -0.1) is 0 Å². The van der Waals surface area contributed by atoms with Crippen molar-refractivity contribution in [1.82, 2.24) is 19.8 Å². The normalized spacial score (nSPS) is 16.7. The standard InChI is InChI=1S/C28H34BrN5O4/c1-2-36-27(35)18-34-11-9-33(10-12-34)13-14-37-25-16-23-24(17-26(25)38-22-7-4-8-22)30-19-31-28(23)32-21-6-3-5-20(29)15-21/h3,5-6,15-17,19,22H,2,4,7-14,18H2,1H3,(H,30,31,32). The zero-order chi connectivity index (χ0) is 26.3. The van der Waals surface area contributed by atoms with Crippen LogP contribution in [0, 0.1) is 0 Å². The quantitative estimate of drug-likeness (QED) is 0.324. The maximum Gasteiger partial charge on any atom is 0.320 e. The van der Waals surface area contributed by atoms with Gasteiger partial charge in [0.15, 0.2) is 11.5 Å². The molecule has 1 aliphatic heterocycles. The Morgan fingerprint density at radius 1 is 1.08 bits per heavy atom. The van der Waals surface area contributed by atoms with Gasteiger partial charge in [0.05, 0.1) is 24.8 Å². The zero-order valence-electron chi connectivity index (χ0n) is 21.7. The minimum atomic E-state index is -0.155. The summed E-state index contributed by atoms with van der Waals surface area (Å²) >= 11 is 3.53. The molecule has 0 spiro atoms. The van der Waals surface area contributed by atoms with Crippen LogP contribution in [0.4, 0.5) is 11.5 Å². The number of hydrogen-bond donors (Lipinski definition) is 1. The molecule has 0 radical (unpaired) electrons. The minimum Gasteiger partial charge on any atom is -0.488 e. The van der Waals surface area contributed by atoms with E-state index in [0.29, 0.717) is 31.3 Å². The average molecular weight is 585 g/mol. The van der Waals surface area contributed by atoms with Crippen molar-refractivity contribution in [3.05, 3.63) is 47.2 Å². The molecule has 2 heterocycles. The maximum absolute atomic E-state index is 11.8. The van der Waals surface area contributed by atoms with Crippen LogP contribution >= 0.6 is 15.9 Å². The third kappa shape index (κ3) is 6.92. The molecule has 1 saturated heterocycles. The molecule has 0 atom stereocenters. The van der Waals surface area contributed by atoms with E-state index in [1.165, 1.54) is 6.42 Å². The molecule has 5 rings (SSSR count). The van der Waals surface area contributed by atoms with Gasteiger partial charge in [-0.1, -0.05) is 22.0 Å². The number of nitrogens with one attached hydrogen (secondary N) is 1.